The number of benzene rings is 2. The van der Waals surface area contributed by atoms with Crippen molar-refractivity contribution in [2.75, 3.05) is 6.61 Å². The molecule has 0 spiro atoms. The zero-order valence-corrected chi connectivity index (χ0v) is 11.7. The first-order valence-electron chi connectivity index (χ1n) is 6.60. The Balaban J connectivity index is 2.07. The van der Waals surface area contributed by atoms with Crippen LogP contribution in [0.25, 0.3) is 6.08 Å². The van der Waals surface area contributed by atoms with Crippen molar-refractivity contribution in [2.24, 2.45) is 0 Å². The highest BCUT2D eigenvalue weighted by atomic mass is 16.5. The van der Waals surface area contributed by atoms with Crippen LogP contribution in [0.1, 0.15) is 28.4 Å². The molecule has 0 aliphatic carbocycles. The maximum Gasteiger partial charge on any atom is 0.163 e. The molecule has 3 heteroatoms. The van der Waals surface area contributed by atoms with Crippen molar-refractivity contribution in [3.63, 3.8) is 0 Å². The smallest absolute Gasteiger partial charge is 0.163 e. The Hall–Kier alpha value is -2.86. The summed E-state index contributed by atoms with van der Waals surface area (Å²) in [5.74, 6) is 0.362. The Morgan fingerprint density at radius 2 is 2.00 bits per heavy atom. The van der Waals surface area contributed by atoms with Gasteiger partial charge < -0.3 is 4.74 Å². The Bertz CT molecular complexity index is 697. The van der Waals surface area contributed by atoms with Crippen molar-refractivity contribution in [2.45, 2.75) is 6.92 Å². The predicted molar refractivity (Wildman–Crippen MR) is 82.1 cm³/mol. The molecular weight excluding hydrogens is 262 g/mol. The number of hydrogen-bond donors (Lipinski definition) is 0. The maximum absolute atomic E-state index is 11.5. The van der Waals surface area contributed by atoms with Crippen molar-refractivity contribution in [1.82, 2.24) is 0 Å². The molecule has 0 N–H and O–H groups in total. The van der Waals surface area contributed by atoms with E-state index >= 15 is 0 Å². The molecule has 2 aromatic rings. The summed E-state index contributed by atoms with van der Waals surface area (Å²) in [7, 11) is 0. The number of nitrogens with zero attached hydrogens (tertiary/aromatic N) is 1. The maximum atomic E-state index is 11.5. The molecule has 21 heavy (non-hydrogen) atoms. The van der Waals surface area contributed by atoms with E-state index < -0.39 is 0 Å². The first-order chi connectivity index (χ1) is 10.2. The van der Waals surface area contributed by atoms with Crippen LogP contribution in [0.5, 0.6) is 5.75 Å². The van der Waals surface area contributed by atoms with E-state index in [4.69, 9.17) is 10.00 Å². The third kappa shape index (κ3) is 4.05. The van der Waals surface area contributed by atoms with Gasteiger partial charge in [0.2, 0.25) is 0 Å². The van der Waals surface area contributed by atoms with Gasteiger partial charge in [0, 0.05) is 0 Å². The minimum Gasteiger partial charge on any atom is -0.489 e. The van der Waals surface area contributed by atoms with E-state index in [0.717, 1.165) is 5.56 Å². The lowest BCUT2D eigenvalue weighted by Gasteiger charge is -2.08. The highest BCUT2D eigenvalue weighted by Gasteiger charge is 2.09. The minimum atomic E-state index is -0.0819. The monoisotopic (exact) mass is 277 g/mol. The number of rotatable bonds is 5. The van der Waals surface area contributed by atoms with Crippen LogP contribution in [0.15, 0.2) is 54.6 Å². The lowest BCUT2D eigenvalue weighted by Crippen LogP contribution is -2.01. The molecule has 0 saturated heterocycles. The molecule has 0 aliphatic rings. The molecule has 0 fully saturated rings. The van der Waals surface area contributed by atoms with Gasteiger partial charge in [-0.05, 0) is 36.8 Å². The Kier molecular flexibility index (Phi) is 4.89. The first-order valence-corrected chi connectivity index (χ1v) is 6.60. The van der Waals surface area contributed by atoms with E-state index in [-0.39, 0.29) is 5.78 Å². The van der Waals surface area contributed by atoms with E-state index in [2.05, 4.69) is 0 Å². The van der Waals surface area contributed by atoms with Gasteiger partial charge in [0.15, 0.2) is 5.78 Å². The summed E-state index contributed by atoms with van der Waals surface area (Å²) in [6, 6.07) is 16.7. The molecule has 2 rings (SSSR count). The Morgan fingerprint density at radius 1 is 1.24 bits per heavy atom. The third-order valence-corrected chi connectivity index (χ3v) is 2.93. The van der Waals surface area contributed by atoms with E-state index in [0.29, 0.717) is 23.5 Å². The van der Waals surface area contributed by atoms with Gasteiger partial charge in [-0.2, -0.15) is 5.26 Å². The second kappa shape index (κ2) is 7.06. The molecule has 0 saturated carbocycles. The summed E-state index contributed by atoms with van der Waals surface area (Å²) in [5, 5.41) is 8.91. The summed E-state index contributed by atoms with van der Waals surface area (Å²) < 4.78 is 5.60. The van der Waals surface area contributed by atoms with E-state index in [1.54, 1.807) is 18.2 Å². The average molecular weight is 277 g/mol. The predicted octanol–water partition coefficient (Wildman–Crippen LogP) is 3.85. The second-order valence-corrected chi connectivity index (χ2v) is 4.50. The highest BCUT2D eigenvalue weighted by molar-refractivity contribution is 5.97. The van der Waals surface area contributed by atoms with Crippen molar-refractivity contribution in [3.8, 4) is 11.8 Å². The quantitative estimate of drug-likeness (QED) is 0.780. The number of ether oxygens (including phenoxy) is 1. The molecule has 0 aromatic heterocycles. The summed E-state index contributed by atoms with van der Waals surface area (Å²) >= 11 is 0. The molecule has 2 aromatic carbocycles. The largest absolute Gasteiger partial charge is 0.489 e. The van der Waals surface area contributed by atoms with Crippen LogP contribution in [0.3, 0.4) is 0 Å². The zero-order valence-electron chi connectivity index (χ0n) is 11.7. The second-order valence-electron chi connectivity index (χ2n) is 4.50. The van der Waals surface area contributed by atoms with Crippen LogP contribution in [-0.2, 0) is 0 Å². The fraction of sp³-hybridized carbons (Fsp3) is 0.111. The number of nitriles is 1. The molecular formula is C18H15NO2. The zero-order chi connectivity index (χ0) is 15.1. The van der Waals surface area contributed by atoms with Crippen LogP contribution < -0.4 is 4.74 Å². The van der Waals surface area contributed by atoms with Gasteiger partial charge in [-0.25, -0.2) is 0 Å². The SMILES string of the molecule is CC(=O)c1ccc(C#N)cc1OC/C=C/c1ccccc1. The van der Waals surface area contributed by atoms with Crippen LogP contribution in [0, 0.1) is 11.3 Å². The number of Topliss-reactive ketones (excluding diaryl/α,β-unsaturated/α-hetero) is 1. The molecule has 0 bridgehead atoms. The molecule has 0 atom stereocenters. The van der Waals surface area contributed by atoms with Crippen LogP contribution >= 0.6 is 0 Å². The fourth-order valence-corrected chi connectivity index (χ4v) is 1.89. The summed E-state index contributed by atoms with van der Waals surface area (Å²) in [4.78, 5) is 11.5. The topological polar surface area (TPSA) is 50.1 Å². The Morgan fingerprint density at radius 3 is 2.67 bits per heavy atom. The van der Waals surface area contributed by atoms with Crippen molar-refractivity contribution in [1.29, 1.82) is 5.26 Å². The first kappa shape index (κ1) is 14.5. The van der Waals surface area contributed by atoms with Gasteiger partial charge in [0.1, 0.15) is 12.4 Å². The van der Waals surface area contributed by atoms with Gasteiger partial charge in [0.25, 0.3) is 0 Å². The van der Waals surface area contributed by atoms with Crippen LogP contribution in [-0.4, -0.2) is 12.4 Å². The normalized spacial score (nSPS) is 10.3. The van der Waals surface area contributed by atoms with E-state index in [1.807, 2.05) is 48.6 Å². The van der Waals surface area contributed by atoms with E-state index in [9.17, 15) is 4.79 Å². The molecule has 3 nitrogen and oxygen atoms in total. The minimum absolute atomic E-state index is 0.0819. The third-order valence-electron chi connectivity index (χ3n) is 2.93. The van der Waals surface area contributed by atoms with Crippen LogP contribution in [0.2, 0.25) is 0 Å². The highest BCUT2D eigenvalue weighted by Crippen LogP contribution is 2.21. The van der Waals surface area contributed by atoms with Crippen molar-refractivity contribution < 1.29 is 9.53 Å². The summed E-state index contributed by atoms with van der Waals surface area (Å²) in [6.07, 6.45) is 3.82. The van der Waals surface area contributed by atoms with Gasteiger partial charge in [-0.15, -0.1) is 0 Å². The number of hydrogen-bond acceptors (Lipinski definition) is 3. The number of ketones is 1. The van der Waals surface area contributed by atoms with Gasteiger partial charge >= 0.3 is 0 Å². The molecule has 0 radical (unpaired) electrons. The molecule has 0 unspecified atom stereocenters. The number of carbonyl (C=O) groups excluding carboxylic acids is 1. The standard InChI is InChI=1S/C18H15NO2/c1-14(20)17-10-9-16(13-19)12-18(17)21-11-5-8-15-6-3-2-4-7-15/h2-10,12H,11H2,1H3/b8-5+. The van der Waals surface area contributed by atoms with Crippen molar-refractivity contribution >= 4 is 11.9 Å². The molecule has 0 heterocycles. The van der Waals surface area contributed by atoms with Gasteiger partial charge in [0.05, 0.1) is 17.2 Å². The van der Waals surface area contributed by atoms with Crippen LogP contribution in [0.4, 0.5) is 0 Å². The van der Waals surface area contributed by atoms with Gasteiger partial charge in [-0.1, -0.05) is 36.4 Å². The molecule has 0 aliphatic heterocycles. The Labute approximate surface area is 124 Å². The lowest BCUT2D eigenvalue weighted by atomic mass is 10.1. The summed E-state index contributed by atoms with van der Waals surface area (Å²) in [5.41, 5.74) is 2.04. The van der Waals surface area contributed by atoms with E-state index in [1.165, 1.54) is 6.92 Å². The van der Waals surface area contributed by atoms with Gasteiger partial charge in [-0.3, -0.25) is 4.79 Å². The van der Waals surface area contributed by atoms with Crippen molar-refractivity contribution in [3.05, 3.63) is 71.3 Å². The summed E-state index contributed by atoms with van der Waals surface area (Å²) in [6.45, 7) is 1.82. The number of carbonyl (C=O) groups is 1. The molecule has 0 amide bonds. The fourth-order valence-electron chi connectivity index (χ4n) is 1.89. The average Bonchev–Trinajstić information content (AvgIpc) is 2.52. The molecule has 104 valence electrons. The lowest BCUT2D eigenvalue weighted by molar-refractivity contribution is 0.101.